The summed E-state index contributed by atoms with van der Waals surface area (Å²) in [5.41, 5.74) is 4.83. The molecule has 166 valence electrons. The summed E-state index contributed by atoms with van der Waals surface area (Å²) in [6.07, 6.45) is 3.88. The molecule has 2 aromatic heterocycles. The molecule has 1 aromatic carbocycles. The molecule has 1 atom stereocenters. The van der Waals surface area contributed by atoms with Crippen LogP contribution in [0.4, 0.5) is 11.6 Å². The maximum atomic E-state index is 11.6. The molecule has 0 bridgehead atoms. The fourth-order valence-corrected chi connectivity index (χ4v) is 4.07. The molecule has 1 fully saturated rings. The van der Waals surface area contributed by atoms with Gasteiger partial charge in [-0.1, -0.05) is 30.3 Å². The highest BCUT2D eigenvalue weighted by Crippen LogP contribution is 2.26. The molecule has 1 saturated heterocycles. The summed E-state index contributed by atoms with van der Waals surface area (Å²) in [6, 6.07) is 10.6. The van der Waals surface area contributed by atoms with Crippen LogP contribution in [0.5, 0.6) is 0 Å². The Bertz CT molecular complexity index is 1090. The summed E-state index contributed by atoms with van der Waals surface area (Å²) in [7, 11) is 1.33. The molecule has 0 saturated carbocycles. The maximum absolute atomic E-state index is 11.6. The predicted molar refractivity (Wildman–Crippen MR) is 123 cm³/mol. The van der Waals surface area contributed by atoms with Crippen molar-refractivity contribution >= 4 is 17.6 Å². The molecule has 1 aliphatic heterocycles. The lowest BCUT2D eigenvalue weighted by Gasteiger charge is -2.41. The Morgan fingerprint density at radius 1 is 1.06 bits per heavy atom. The van der Waals surface area contributed by atoms with Crippen molar-refractivity contribution < 1.29 is 9.53 Å². The normalized spacial score (nSPS) is 16.2. The second kappa shape index (κ2) is 9.30. The molecular weight excluding hydrogens is 404 g/mol. The summed E-state index contributed by atoms with van der Waals surface area (Å²) >= 11 is 0. The Labute approximate surface area is 188 Å². The highest BCUT2D eigenvalue weighted by molar-refractivity contribution is 5.86. The number of esters is 1. The van der Waals surface area contributed by atoms with Gasteiger partial charge < -0.3 is 14.5 Å². The third kappa shape index (κ3) is 4.39. The third-order valence-electron chi connectivity index (χ3n) is 6.06. The molecule has 32 heavy (non-hydrogen) atoms. The van der Waals surface area contributed by atoms with E-state index in [-0.39, 0.29) is 11.7 Å². The van der Waals surface area contributed by atoms with Crippen LogP contribution in [0.2, 0.25) is 0 Å². The van der Waals surface area contributed by atoms with E-state index in [1.54, 1.807) is 6.20 Å². The summed E-state index contributed by atoms with van der Waals surface area (Å²) in [5.74, 6) is 1.21. The number of rotatable bonds is 5. The number of hydrogen-bond acceptors (Lipinski definition) is 8. The lowest BCUT2D eigenvalue weighted by molar-refractivity contribution is 0.0593. The Hall–Kier alpha value is -3.55. The second-order valence-corrected chi connectivity index (χ2v) is 8.12. The van der Waals surface area contributed by atoms with E-state index in [1.807, 2.05) is 18.2 Å². The van der Waals surface area contributed by atoms with Gasteiger partial charge >= 0.3 is 5.97 Å². The molecule has 0 spiro atoms. The number of piperazine rings is 1. The zero-order valence-corrected chi connectivity index (χ0v) is 18.9. The maximum Gasteiger partial charge on any atom is 0.358 e. The first-order chi connectivity index (χ1) is 15.5. The minimum Gasteiger partial charge on any atom is -0.464 e. The topological polar surface area (TPSA) is 84.3 Å². The van der Waals surface area contributed by atoms with Crippen LogP contribution in [0.3, 0.4) is 0 Å². The van der Waals surface area contributed by atoms with E-state index in [1.165, 1.54) is 30.0 Å². The van der Waals surface area contributed by atoms with Crippen molar-refractivity contribution in [2.45, 2.75) is 33.2 Å². The standard InChI is InChI=1S/C24H28N6O2/c1-16-15-29(10-11-30(16)22-14-25-21(13-26-22)24(31)32-4)23-18(3)17(2)20(27-28-23)12-19-8-6-5-7-9-19/h5-9,13-14,16H,10-12,15H2,1-4H3. The molecular formula is C24H28N6O2. The number of benzene rings is 1. The zero-order chi connectivity index (χ0) is 22.7. The molecule has 8 nitrogen and oxygen atoms in total. The molecule has 1 unspecified atom stereocenters. The summed E-state index contributed by atoms with van der Waals surface area (Å²) < 4.78 is 4.69. The number of nitrogens with zero attached hydrogens (tertiary/aromatic N) is 6. The van der Waals surface area contributed by atoms with Gasteiger partial charge in [0.2, 0.25) is 0 Å². The quantitative estimate of drug-likeness (QED) is 0.569. The molecule has 4 rings (SSSR count). The monoisotopic (exact) mass is 432 g/mol. The van der Waals surface area contributed by atoms with Crippen LogP contribution >= 0.6 is 0 Å². The van der Waals surface area contributed by atoms with Crippen molar-refractivity contribution in [2.75, 3.05) is 36.5 Å². The first kappa shape index (κ1) is 21.7. The predicted octanol–water partition coefficient (Wildman–Crippen LogP) is 2.98. The number of hydrogen-bond donors (Lipinski definition) is 0. The van der Waals surface area contributed by atoms with Crippen LogP contribution in [0, 0.1) is 13.8 Å². The number of anilines is 2. The largest absolute Gasteiger partial charge is 0.464 e. The summed E-state index contributed by atoms with van der Waals surface area (Å²) in [5, 5.41) is 9.18. The van der Waals surface area contributed by atoms with Crippen molar-refractivity contribution in [2.24, 2.45) is 0 Å². The first-order valence-electron chi connectivity index (χ1n) is 10.8. The van der Waals surface area contributed by atoms with Crippen LogP contribution in [-0.4, -0.2) is 58.9 Å². The van der Waals surface area contributed by atoms with Gasteiger partial charge in [-0.15, -0.1) is 5.10 Å². The fraction of sp³-hybridized carbons (Fsp3) is 0.375. The zero-order valence-electron chi connectivity index (χ0n) is 18.9. The van der Waals surface area contributed by atoms with Crippen molar-refractivity contribution in [3.8, 4) is 0 Å². The highest BCUT2D eigenvalue weighted by Gasteiger charge is 2.27. The van der Waals surface area contributed by atoms with Crippen LogP contribution in [0.25, 0.3) is 0 Å². The van der Waals surface area contributed by atoms with E-state index in [2.05, 4.69) is 62.9 Å². The van der Waals surface area contributed by atoms with E-state index < -0.39 is 5.97 Å². The minimum atomic E-state index is -0.484. The van der Waals surface area contributed by atoms with E-state index in [4.69, 9.17) is 4.74 Å². The molecule has 3 heterocycles. The van der Waals surface area contributed by atoms with Gasteiger partial charge in [-0.05, 0) is 37.5 Å². The van der Waals surface area contributed by atoms with Gasteiger partial charge in [0, 0.05) is 32.1 Å². The van der Waals surface area contributed by atoms with Crippen molar-refractivity contribution in [3.63, 3.8) is 0 Å². The van der Waals surface area contributed by atoms with E-state index in [0.717, 1.165) is 43.4 Å². The smallest absolute Gasteiger partial charge is 0.358 e. The molecule has 0 radical (unpaired) electrons. The van der Waals surface area contributed by atoms with E-state index in [9.17, 15) is 4.79 Å². The van der Waals surface area contributed by atoms with Gasteiger partial charge in [0.05, 0.1) is 25.2 Å². The molecule has 0 aliphatic carbocycles. The number of aromatic nitrogens is 4. The number of ether oxygens (including phenoxy) is 1. The average Bonchev–Trinajstić information content (AvgIpc) is 2.82. The SMILES string of the molecule is COC(=O)c1cnc(N2CCN(c3nnc(Cc4ccccc4)c(C)c3C)CC2C)cn1. The van der Waals surface area contributed by atoms with Gasteiger partial charge in [-0.25, -0.2) is 14.8 Å². The van der Waals surface area contributed by atoms with Crippen LogP contribution in [0.15, 0.2) is 42.7 Å². The van der Waals surface area contributed by atoms with Gasteiger partial charge in [0.25, 0.3) is 0 Å². The van der Waals surface area contributed by atoms with Crippen LogP contribution in [0.1, 0.15) is 39.8 Å². The van der Waals surface area contributed by atoms with Gasteiger partial charge in [-0.2, -0.15) is 5.10 Å². The molecule has 0 amide bonds. The van der Waals surface area contributed by atoms with Crippen LogP contribution in [-0.2, 0) is 11.2 Å². The summed E-state index contributed by atoms with van der Waals surface area (Å²) in [4.78, 5) is 24.7. The Morgan fingerprint density at radius 2 is 1.84 bits per heavy atom. The van der Waals surface area contributed by atoms with Crippen molar-refractivity contribution in [1.82, 2.24) is 20.2 Å². The van der Waals surface area contributed by atoms with Crippen molar-refractivity contribution in [3.05, 3.63) is 70.8 Å². The second-order valence-electron chi connectivity index (χ2n) is 8.12. The van der Waals surface area contributed by atoms with Gasteiger partial charge in [-0.3, -0.25) is 0 Å². The Balaban J connectivity index is 1.47. The minimum absolute atomic E-state index is 0.201. The molecule has 8 heteroatoms. The Morgan fingerprint density at radius 3 is 2.50 bits per heavy atom. The van der Waals surface area contributed by atoms with E-state index in [0.29, 0.717) is 0 Å². The Kier molecular flexibility index (Phi) is 6.30. The fourth-order valence-electron chi connectivity index (χ4n) is 4.07. The molecule has 3 aromatic rings. The third-order valence-corrected chi connectivity index (χ3v) is 6.06. The van der Waals surface area contributed by atoms with Gasteiger partial charge in [0.1, 0.15) is 5.82 Å². The number of methoxy groups -OCH3 is 1. The summed E-state index contributed by atoms with van der Waals surface area (Å²) in [6.45, 7) is 8.79. The lowest BCUT2D eigenvalue weighted by Crippen LogP contribution is -2.53. The molecule has 1 aliphatic rings. The number of carbonyl (C=O) groups is 1. The van der Waals surface area contributed by atoms with Crippen molar-refractivity contribution in [1.29, 1.82) is 0 Å². The lowest BCUT2D eigenvalue weighted by atomic mass is 10.0. The van der Waals surface area contributed by atoms with Gasteiger partial charge in [0.15, 0.2) is 11.5 Å². The van der Waals surface area contributed by atoms with E-state index >= 15 is 0 Å². The molecule has 0 N–H and O–H groups in total. The van der Waals surface area contributed by atoms with Crippen LogP contribution < -0.4 is 9.80 Å². The highest BCUT2D eigenvalue weighted by atomic mass is 16.5. The number of carbonyl (C=O) groups excluding carboxylic acids is 1. The first-order valence-corrected chi connectivity index (χ1v) is 10.8. The average molecular weight is 433 g/mol.